The smallest absolute Gasteiger partial charge is 0.256 e. The molecule has 0 unspecified atom stereocenters. The SMILES string of the molecule is CC1=C(C(=O)Nc2cnc(N)nc2)c2cc(-c3cncc(NC(=O)C4CC4)c3)ccc2NC1. The van der Waals surface area contributed by atoms with Crippen molar-refractivity contribution in [3.05, 3.63) is 60.2 Å². The molecule has 1 saturated carbocycles. The van der Waals surface area contributed by atoms with Crippen LogP contribution in [-0.4, -0.2) is 33.3 Å². The first-order valence-electron chi connectivity index (χ1n) is 10.7. The lowest BCUT2D eigenvalue weighted by Crippen LogP contribution is -2.22. The highest BCUT2D eigenvalue weighted by atomic mass is 16.2. The van der Waals surface area contributed by atoms with Gasteiger partial charge >= 0.3 is 0 Å². The Morgan fingerprint density at radius 2 is 1.79 bits per heavy atom. The zero-order valence-electron chi connectivity index (χ0n) is 18.1. The average Bonchev–Trinajstić information content (AvgIpc) is 3.66. The second kappa shape index (κ2) is 8.34. The number of carbonyl (C=O) groups excluding carboxylic acids is 2. The third-order valence-electron chi connectivity index (χ3n) is 5.70. The van der Waals surface area contributed by atoms with Crippen LogP contribution in [0.1, 0.15) is 25.3 Å². The number of pyridine rings is 1. The Hall–Kier alpha value is -4.27. The minimum absolute atomic E-state index is 0.0350. The van der Waals surface area contributed by atoms with Gasteiger partial charge in [-0.3, -0.25) is 14.6 Å². The van der Waals surface area contributed by atoms with Crippen LogP contribution in [0.4, 0.5) is 23.0 Å². The molecule has 3 heterocycles. The molecule has 0 spiro atoms. The number of fused-ring (bicyclic) bond motifs is 1. The maximum Gasteiger partial charge on any atom is 0.256 e. The number of nitrogens with two attached hydrogens (primary N) is 1. The minimum atomic E-state index is -0.246. The first-order valence-corrected chi connectivity index (χ1v) is 10.7. The van der Waals surface area contributed by atoms with Crippen molar-refractivity contribution in [3.63, 3.8) is 0 Å². The molecular weight excluding hydrogens is 418 g/mol. The van der Waals surface area contributed by atoms with E-state index >= 15 is 0 Å². The summed E-state index contributed by atoms with van der Waals surface area (Å²) in [7, 11) is 0. The van der Waals surface area contributed by atoms with Gasteiger partial charge in [0.15, 0.2) is 0 Å². The fourth-order valence-corrected chi connectivity index (χ4v) is 3.80. The highest BCUT2D eigenvalue weighted by Crippen LogP contribution is 2.36. The molecule has 3 aromatic rings. The first kappa shape index (κ1) is 20.6. The normalized spacial score (nSPS) is 14.8. The van der Waals surface area contributed by atoms with Crippen LogP contribution in [0.15, 0.2) is 54.6 Å². The topological polar surface area (TPSA) is 135 Å². The zero-order valence-corrected chi connectivity index (χ0v) is 18.1. The molecule has 5 rings (SSSR count). The van der Waals surface area contributed by atoms with E-state index in [-0.39, 0.29) is 23.7 Å². The number of nitrogens with zero attached hydrogens (tertiary/aromatic N) is 3. The summed E-state index contributed by atoms with van der Waals surface area (Å²) in [6.45, 7) is 2.49. The molecule has 33 heavy (non-hydrogen) atoms. The fourth-order valence-electron chi connectivity index (χ4n) is 3.80. The van der Waals surface area contributed by atoms with Crippen LogP contribution in [0.5, 0.6) is 0 Å². The summed E-state index contributed by atoms with van der Waals surface area (Å²) in [6.07, 6.45) is 8.21. The van der Waals surface area contributed by atoms with Crippen molar-refractivity contribution in [2.75, 3.05) is 28.2 Å². The van der Waals surface area contributed by atoms with E-state index in [0.717, 1.165) is 40.8 Å². The van der Waals surface area contributed by atoms with E-state index in [1.807, 2.05) is 31.2 Å². The van der Waals surface area contributed by atoms with Crippen molar-refractivity contribution in [1.29, 1.82) is 0 Å². The molecule has 0 bridgehead atoms. The molecular formula is C24H23N7O2. The standard InChI is InChI=1S/C24H23N7O2/c1-13-8-27-20-5-4-15(16-6-17(10-26-9-16)30-22(32)14-2-3-14)7-19(20)21(13)23(33)31-18-11-28-24(25)29-12-18/h4-7,9-12,14,27H,2-3,8H2,1H3,(H,30,32)(H,31,33)(H2,25,28,29). The van der Waals surface area contributed by atoms with Gasteiger partial charge in [0.1, 0.15) is 0 Å². The summed E-state index contributed by atoms with van der Waals surface area (Å²) in [5.41, 5.74) is 11.6. The molecule has 1 aromatic carbocycles. The molecule has 9 nitrogen and oxygen atoms in total. The van der Waals surface area contributed by atoms with Crippen molar-refractivity contribution < 1.29 is 9.59 Å². The van der Waals surface area contributed by atoms with E-state index in [9.17, 15) is 9.59 Å². The zero-order chi connectivity index (χ0) is 22.9. The number of nitrogen functional groups attached to an aromatic ring is 1. The molecule has 2 aromatic heterocycles. The van der Waals surface area contributed by atoms with E-state index in [0.29, 0.717) is 23.5 Å². The van der Waals surface area contributed by atoms with Gasteiger partial charge < -0.3 is 21.7 Å². The predicted octanol–water partition coefficient (Wildman–Crippen LogP) is 3.31. The van der Waals surface area contributed by atoms with E-state index in [2.05, 4.69) is 30.9 Å². The molecule has 1 aliphatic carbocycles. The molecule has 9 heteroatoms. The molecule has 0 saturated heterocycles. The van der Waals surface area contributed by atoms with E-state index < -0.39 is 0 Å². The van der Waals surface area contributed by atoms with Gasteiger partial charge in [0.2, 0.25) is 11.9 Å². The maximum atomic E-state index is 13.2. The Morgan fingerprint density at radius 1 is 1.00 bits per heavy atom. The number of amides is 2. The van der Waals surface area contributed by atoms with Gasteiger partial charge in [-0.05, 0) is 49.1 Å². The summed E-state index contributed by atoms with van der Waals surface area (Å²) in [5, 5.41) is 9.14. The highest BCUT2D eigenvalue weighted by molar-refractivity contribution is 6.27. The van der Waals surface area contributed by atoms with Gasteiger partial charge in [-0.15, -0.1) is 0 Å². The Balaban J connectivity index is 1.44. The Kier molecular flexibility index (Phi) is 5.21. The number of hydrogen-bond donors (Lipinski definition) is 4. The maximum absolute atomic E-state index is 13.2. The molecule has 0 atom stereocenters. The lowest BCUT2D eigenvalue weighted by molar-refractivity contribution is -0.117. The van der Waals surface area contributed by atoms with Crippen molar-refractivity contribution in [2.24, 2.45) is 5.92 Å². The van der Waals surface area contributed by atoms with Crippen LogP contribution in [-0.2, 0) is 9.59 Å². The van der Waals surface area contributed by atoms with Gasteiger partial charge in [0, 0.05) is 41.0 Å². The van der Waals surface area contributed by atoms with Crippen LogP contribution in [0.2, 0.25) is 0 Å². The lowest BCUT2D eigenvalue weighted by Gasteiger charge is -2.23. The minimum Gasteiger partial charge on any atom is -0.381 e. The van der Waals surface area contributed by atoms with Crippen LogP contribution in [0, 0.1) is 5.92 Å². The summed E-state index contributed by atoms with van der Waals surface area (Å²) in [4.78, 5) is 37.4. The van der Waals surface area contributed by atoms with Crippen molar-refractivity contribution in [2.45, 2.75) is 19.8 Å². The van der Waals surface area contributed by atoms with Crippen molar-refractivity contribution >= 4 is 40.4 Å². The monoisotopic (exact) mass is 441 g/mol. The van der Waals surface area contributed by atoms with Crippen LogP contribution >= 0.6 is 0 Å². The second-order valence-electron chi connectivity index (χ2n) is 8.28. The number of benzene rings is 1. The fraction of sp³-hybridized carbons (Fsp3) is 0.208. The lowest BCUT2D eigenvalue weighted by atomic mass is 9.91. The number of aromatic nitrogens is 3. The molecule has 2 amide bonds. The number of hydrogen-bond acceptors (Lipinski definition) is 7. The van der Waals surface area contributed by atoms with Gasteiger partial charge in [0.05, 0.1) is 30.0 Å². The quantitative estimate of drug-likeness (QED) is 0.477. The largest absolute Gasteiger partial charge is 0.381 e. The Morgan fingerprint density at radius 3 is 2.55 bits per heavy atom. The van der Waals surface area contributed by atoms with Gasteiger partial charge in [-0.2, -0.15) is 0 Å². The number of carbonyl (C=O) groups is 2. The van der Waals surface area contributed by atoms with Gasteiger partial charge in [-0.1, -0.05) is 6.07 Å². The number of rotatable bonds is 5. The number of nitrogens with one attached hydrogen (secondary N) is 3. The van der Waals surface area contributed by atoms with E-state index in [4.69, 9.17) is 5.73 Å². The van der Waals surface area contributed by atoms with Crippen LogP contribution in [0.25, 0.3) is 16.7 Å². The summed E-state index contributed by atoms with van der Waals surface area (Å²) in [5.74, 6) is 0.0469. The Labute approximate surface area is 190 Å². The van der Waals surface area contributed by atoms with Gasteiger partial charge in [0.25, 0.3) is 5.91 Å². The molecule has 0 radical (unpaired) electrons. The summed E-state index contributed by atoms with van der Waals surface area (Å²) < 4.78 is 0. The summed E-state index contributed by atoms with van der Waals surface area (Å²) in [6, 6.07) is 7.78. The second-order valence-corrected chi connectivity index (χ2v) is 8.28. The van der Waals surface area contributed by atoms with Crippen molar-refractivity contribution in [1.82, 2.24) is 15.0 Å². The van der Waals surface area contributed by atoms with E-state index in [1.54, 1.807) is 12.4 Å². The van der Waals surface area contributed by atoms with Gasteiger partial charge in [-0.25, -0.2) is 9.97 Å². The van der Waals surface area contributed by atoms with Crippen LogP contribution < -0.4 is 21.7 Å². The molecule has 5 N–H and O–H groups in total. The molecule has 166 valence electrons. The first-order chi connectivity index (χ1) is 16.0. The van der Waals surface area contributed by atoms with E-state index in [1.165, 1.54) is 12.4 Å². The van der Waals surface area contributed by atoms with Crippen molar-refractivity contribution in [3.8, 4) is 11.1 Å². The molecule has 1 fully saturated rings. The Bertz CT molecular complexity index is 1280. The molecule has 1 aliphatic heterocycles. The highest BCUT2D eigenvalue weighted by Gasteiger charge is 2.29. The van der Waals surface area contributed by atoms with Crippen LogP contribution in [0.3, 0.4) is 0 Å². The predicted molar refractivity (Wildman–Crippen MR) is 127 cm³/mol. The molecule has 2 aliphatic rings. The average molecular weight is 441 g/mol. The summed E-state index contributed by atoms with van der Waals surface area (Å²) >= 11 is 0. The number of anilines is 4. The third-order valence-corrected chi connectivity index (χ3v) is 5.70. The third kappa shape index (κ3) is 4.38.